The van der Waals surface area contributed by atoms with E-state index in [0.717, 1.165) is 31.9 Å². The lowest BCUT2D eigenvalue weighted by Crippen LogP contribution is -2.22. The molecule has 0 unspecified atom stereocenters. The summed E-state index contributed by atoms with van der Waals surface area (Å²) in [4.78, 5) is 10.7. The van der Waals surface area contributed by atoms with Crippen molar-refractivity contribution in [1.82, 2.24) is 24.6 Å². The van der Waals surface area contributed by atoms with Crippen LogP contribution in [0.4, 0.5) is 0 Å². The van der Waals surface area contributed by atoms with Gasteiger partial charge in [0.1, 0.15) is 6.33 Å². The number of fused-ring (bicyclic) bond motifs is 1. The first-order valence-corrected chi connectivity index (χ1v) is 5.39. The standard InChI is InChI=1S/C11H13N5/c1-2-14-16(3-1)5-4-15-7-10-6-12-9-13-11(10)8-15/h1-3,6,9H,4-5,7-8H2. The maximum absolute atomic E-state index is 4.28. The van der Waals surface area contributed by atoms with Gasteiger partial charge in [0.15, 0.2) is 0 Å². The Balaban J connectivity index is 1.60. The minimum atomic E-state index is 0.925. The molecule has 0 atom stereocenters. The molecule has 16 heavy (non-hydrogen) atoms. The fourth-order valence-corrected chi connectivity index (χ4v) is 2.00. The van der Waals surface area contributed by atoms with Gasteiger partial charge in [-0.1, -0.05) is 0 Å². The average molecular weight is 215 g/mol. The van der Waals surface area contributed by atoms with E-state index in [0.29, 0.717) is 0 Å². The summed E-state index contributed by atoms with van der Waals surface area (Å²) in [7, 11) is 0. The Hall–Kier alpha value is -1.75. The molecule has 2 aromatic rings. The molecule has 0 amide bonds. The van der Waals surface area contributed by atoms with Crippen LogP contribution in [-0.4, -0.2) is 31.2 Å². The van der Waals surface area contributed by atoms with Gasteiger partial charge in [0, 0.05) is 43.8 Å². The lowest BCUT2D eigenvalue weighted by atomic mass is 10.3. The molecule has 0 spiro atoms. The quantitative estimate of drug-likeness (QED) is 0.755. The van der Waals surface area contributed by atoms with E-state index >= 15 is 0 Å². The lowest BCUT2D eigenvalue weighted by Gasteiger charge is -2.13. The molecule has 0 fully saturated rings. The minimum Gasteiger partial charge on any atom is -0.291 e. The van der Waals surface area contributed by atoms with Gasteiger partial charge in [-0.2, -0.15) is 5.10 Å². The highest BCUT2D eigenvalue weighted by Gasteiger charge is 2.19. The first-order valence-electron chi connectivity index (χ1n) is 5.39. The summed E-state index contributed by atoms with van der Waals surface area (Å²) in [6.45, 7) is 3.81. The van der Waals surface area contributed by atoms with Crippen LogP contribution in [0.1, 0.15) is 11.3 Å². The summed E-state index contributed by atoms with van der Waals surface area (Å²) in [5, 5.41) is 4.19. The average Bonchev–Trinajstić information content (AvgIpc) is 2.95. The van der Waals surface area contributed by atoms with Crippen LogP contribution in [0.3, 0.4) is 0 Å². The van der Waals surface area contributed by atoms with E-state index < -0.39 is 0 Å². The van der Waals surface area contributed by atoms with Crippen molar-refractivity contribution in [2.45, 2.75) is 19.6 Å². The molecule has 3 rings (SSSR count). The lowest BCUT2D eigenvalue weighted by molar-refractivity contribution is 0.265. The molecule has 1 aliphatic rings. The zero-order chi connectivity index (χ0) is 10.8. The van der Waals surface area contributed by atoms with Crippen LogP contribution in [0.5, 0.6) is 0 Å². The Bertz CT molecular complexity index is 440. The number of aromatic nitrogens is 4. The Morgan fingerprint density at radius 3 is 3.06 bits per heavy atom. The number of nitrogens with zero attached hydrogens (tertiary/aromatic N) is 5. The Morgan fingerprint density at radius 1 is 1.25 bits per heavy atom. The van der Waals surface area contributed by atoms with Crippen molar-refractivity contribution < 1.29 is 0 Å². The molecule has 0 N–H and O–H groups in total. The van der Waals surface area contributed by atoms with E-state index in [1.165, 1.54) is 5.56 Å². The molecule has 3 heterocycles. The highest BCUT2D eigenvalue weighted by molar-refractivity contribution is 5.19. The van der Waals surface area contributed by atoms with Crippen LogP contribution in [0.2, 0.25) is 0 Å². The van der Waals surface area contributed by atoms with E-state index in [4.69, 9.17) is 0 Å². The van der Waals surface area contributed by atoms with Crippen LogP contribution in [0, 0.1) is 0 Å². The highest BCUT2D eigenvalue weighted by Crippen LogP contribution is 2.18. The molecule has 0 saturated heterocycles. The highest BCUT2D eigenvalue weighted by atomic mass is 15.3. The van der Waals surface area contributed by atoms with Crippen molar-refractivity contribution >= 4 is 0 Å². The summed E-state index contributed by atoms with van der Waals surface area (Å²) in [5.74, 6) is 0. The third-order valence-corrected chi connectivity index (χ3v) is 2.85. The molecule has 0 aliphatic carbocycles. The van der Waals surface area contributed by atoms with Crippen LogP contribution in [0.25, 0.3) is 0 Å². The Kier molecular flexibility index (Phi) is 2.38. The first-order chi connectivity index (χ1) is 7.92. The van der Waals surface area contributed by atoms with Crippen LogP contribution >= 0.6 is 0 Å². The van der Waals surface area contributed by atoms with E-state index in [1.54, 1.807) is 6.33 Å². The molecule has 5 heteroatoms. The summed E-state index contributed by atoms with van der Waals surface area (Å²) < 4.78 is 1.95. The second-order valence-electron chi connectivity index (χ2n) is 3.97. The van der Waals surface area contributed by atoms with Crippen LogP contribution in [-0.2, 0) is 19.6 Å². The van der Waals surface area contributed by atoms with Crippen molar-refractivity contribution in [3.63, 3.8) is 0 Å². The van der Waals surface area contributed by atoms with Crippen molar-refractivity contribution in [3.05, 3.63) is 42.2 Å². The molecule has 5 nitrogen and oxygen atoms in total. The van der Waals surface area contributed by atoms with Gasteiger partial charge in [-0.3, -0.25) is 9.58 Å². The zero-order valence-corrected chi connectivity index (χ0v) is 8.95. The zero-order valence-electron chi connectivity index (χ0n) is 8.95. The van der Waals surface area contributed by atoms with E-state index in [-0.39, 0.29) is 0 Å². The maximum atomic E-state index is 4.28. The molecule has 0 radical (unpaired) electrons. The van der Waals surface area contributed by atoms with Crippen LogP contribution in [0.15, 0.2) is 31.0 Å². The smallest absolute Gasteiger partial charge is 0.115 e. The number of hydrogen-bond donors (Lipinski definition) is 0. The monoisotopic (exact) mass is 215 g/mol. The van der Waals surface area contributed by atoms with Gasteiger partial charge in [-0.25, -0.2) is 9.97 Å². The molecule has 2 aromatic heterocycles. The summed E-state index contributed by atoms with van der Waals surface area (Å²) in [6.07, 6.45) is 7.33. The summed E-state index contributed by atoms with van der Waals surface area (Å²) in [5.41, 5.74) is 2.42. The minimum absolute atomic E-state index is 0.925. The van der Waals surface area contributed by atoms with Crippen molar-refractivity contribution in [2.75, 3.05) is 6.54 Å². The van der Waals surface area contributed by atoms with Crippen molar-refractivity contribution in [3.8, 4) is 0 Å². The van der Waals surface area contributed by atoms with Gasteiger partial charge >= 0.3 is 0 Å². The maximum Gasteiger partial charge on any atom is 0.115 e. The van der Waals surface area contributed by atoms with Crippen molar-refractivity contribution in [1.29, 1.82) is 0 Å². The summed E-state index contributed by atoms with van der Waals surface area (Å²) >= 11 is 0. The molecule has 0 saturated carbocycles. The second kappa shape index (κ2) is 4.02. The number of rotatable bonds is 3. The van der Waals surface area contributed by atoms with Gasteiger partial charge < -0.3 is 0 Å². The Morgan fingerprint density at radius 2 is 2.25 bits per heavy atom. The third kappa shape index (κ3) is 1.81. The second-order valence-corrected chi connectivity index (χ2v) is 3.97. The van der Waals surface area contributed by atoms with E-state index in [9.17, 15) is 0 Å². The topological polar surface area (TPSA) is 46.8 Å². The third-order valence-electron chi connectivity index (χ3n) is 2.85. The first kappa shape index (κ1) is 9.47. The molecule has 0 aromatic carbocycles. The van der Waals surface area contributed by atoms with Crippen LogP contribution < -0.4 is 0 Å². The van der Waals surface area contributed by atoms with Crippen molar-refractivity contribution in [2.24, 2.45) is 0 Å². The van der Waals surface area contributed by atoms with E-state index in [1.807, 2.05) is 29.3 Å². The normalized spacial score (nSPS) is 15.2. The van der Waals surface area contributed by atoms with E-state index in [2.05, 4.69) is 20.0 Å². The molecule has 0 bridgehead atoms. The SMILES string of the molecule is c1cnn(CCN2Cc3cncnc3C2)c1. The predicted molar refractivity (Wildman–Crippen MR) is 58.4 cm³/mol. The molecule has 1 aliphatic heterocycles. The van der Waals surface area contributed by atoms with Gasteiger partial charge in [0.05, 0.1) is 12.2 Å². The molecular weight excluding hydrogens is 202 g/mol. The van der Waals surface area contributed by atoms with Gasteiger partial charge in [0.2, 0.25) is 0 Å². The number of hydrogen-bond acceptors (Lipinski definition) is 4. The molecular formula is C11H13N5. The van der Waals surface area contributed by atoms with Gasteiger partial charge in [0.25, 0.3) is 0 Å². The Labute approximate surface area is 93.7 Å². The largest absolute Gasteiger partial charge is 0.291 e. The van der Waals surface area contributed by atoms with Gasteiger partial charge in [-0.05, 0) is 6.07 Å². The fourth-order valence-electron chi connectivity index (χ4n) is 2.00. The summed E-state index contributed by atoms with van der Waals surface area (Å²) in [6, 6.07) is 1.95. The van der Waals surface area contributed by atoms with Gasteiger partial charge in [-0.15, -0.1) is 0 Å². The fraction of sp³-hybridized carbons (Fsp3) is 0.364. The predicted octanol–water partition coefficient (Wildman–Crippen LogP) is 0.689. The molecule has 82 valence electrons.